The predicted molar refractivity (Wildman–Crippen MR) is 73.7 cm³/mol. The summed E-state index contributed by atoms with van der Waals surface area (Å²) < 4.78 is 32.1. The average molecular weight is 280 g/mol. The molecule has 0 unspecified atom stereocenters. The Labute approximate surface area is 112 Å². The molecule has 0 saturated carbocycles. The van der Waals surface area contributed by atoms with Crippen LogP contribution >= 0.6 is 0 Å². The van der Waals surface area contributed by atoms with Gasteiger partial charge in [0.05, 0.1) is 13.2 Å². The van der Waals surface area contributed by atoms with Crippen molar-refractivity contribution < 1.29 is 16.8 Å². The summed E-state index contributed by atoms with van der Waals surface area (Å²) in [6, 6.07) is 0. The summed E-state index contributed by atoms with van der Waals surface area (Å²) in [5.74, 6) is 0. The first-order valence-electron chi connectivity index (χ1n) is 7.16. The smallest absolute Gasteiger partial charge is 0.248 e. The van der Waals surface area contributed by atoms with Crippen molar-refractivity contribution in [1.82, 2.24) is 0 Å². The topological polar surface area (TPSA) is 52.6 Å². The highest BCUT2D eigenvalue weighted by atomic mass is 32.3. The molecule has 0 aromatic heterocycles. The van der Waals surface area contributed by atoms with Crippen LogP contribution in [0.5, 0.6) is 0 Å². The lowest BCUT2D eigenvalue weighted by atomic mass is 10.1. The second-order valence-electron chi connectivity index (χ2n) is 4.53. The summed E-state index contributed by atoms with van der Waals surface area (Å²) in [6.07, 6.45) is 9.42. The van der Waals surface area contributed by atoms with Crippen molar-refractivity contribution in [3.63, 3.8) is 0 Å². The van der Waals surface area contributed by atoms with Crippen LogP contribution in [0.15, 0.2) is 0 Å². The first kappa shape index (κ1) is 17.9. The molecule has 0 radical (unpaired) electrons. The van der Waals surface area contributed by atoms with Crippen molar-refractivity contribution in [2.24, 2.45) is 0 Å². The fourth-order valence-electron chi connectivity index (χ4n) is 1.59. The molecule has 0 saturated heterocycles. The first-order chi connectivity index (χ1) is 8.62. The first-order valence-corrected chi connectivity index (χ1v) is 8.49. The Morgan fingerprint density at radius 3 is 1.61 bits per heavy atom. The zero-order valence-corrected chi connectivity index (χ0v) is 12.6. The quantitative estimate of drug-likeness (QED) is 0.481. The van der Waals surface area contributed by atoms with Crippen LogP contribution in [-0.2, 0) is 18.8 Å². The highest BCUT2D eigenvalue weighted by Gasteiger charge is 2.10. The zero-order valence-electron chi connectivity index (χ0n) is 11.8. The molecule has 0 heterocycles. The summed E-state index contributed by atoms with van der Waals surface area (Å²) in [4.78, 5) is 0. The van der Waals surface area contributed by atoms with Crippen LogP contribution < -0.4 is 0 Å². The fraction of sp³-hybridized carbons (Fsp3) is 1.00. The molecule has 0 atom stereocenters. The van der Waals surface area contributed by atoms with E-state index in [1.54, 1.807) is 0 Å². The van der Waals surface area contributed by atoms with Gasteiger partial charge in [0, 0.05) is 0 Å². The Bertz CT molecular complexity index is 262. The molecule has 0 rings (SSSR count). The lowest BCUT2D eigenvalue weighted by Crippen LogP contribution is -2.12. The number of hydrogen-bond acceptors (Lipinski definition) is 4. The van der Waals surface area contributed by atoms with Crippen LogP contribution in [0, 0.1) is 0 Å². The van der Waals surface area contributed by atoms with Crippen molar-refractivity contribution in [2.45, 2.75) is 71.6 Å². The molecule has 18 heavy (non-hydrogen) atoms. The highest BCUT2D eigenvalue weighted by Crippen LogP contribution is 2.07. The van der Waals surface area contributed by atoms with E-state index in [2.05, 4.69) is 13.8 Å². The van der Waals surface area contributed by atoms with E-state index in [1.165, 1.54) is 19.3 Å². The maximum Gasteiger partial charge on any atom is 0.399 e. The third-order valence-electron chi connectivity index (χ3n) is 2.70. The van der Waals surface area contributed by atoms with E-state index in [4.69, 9.17) is 8.37 Å². The SMILES string of the molecule is CCCCCCCCOS(=O)(=O)OCCCCC. The minimum absolute atomic E-state index is 0.229. The molecule has 0 bridgehead atoms. The molecule has 110 valence electrons. The number of hydrogen-bond donors (Lipinski definition) is 0. The second kappa shape index (κ2) is 11.9. The van der Waals surface area contributed by atoms with Gasteiger partial charge in [-0.2, -0.15) is 8.42 Å². The Kier molecular flexibility index (Phi) is 11.8. The third kappa shape index (κ3) is 12.3. The Morgan fingerprint density at radius 2 is 1.06 bits per heavy atom. The standard InChI is InChI=1S/C13H28O4S/c1-3-5-7-8-9-11-13-17-18(14,15)16-12-10-6-4-2/h3-13H2,1-2H3. The van der Waals surface area contributed by atoms with Crippen molar-refractivity contribution in [3.05, 3.63) is 0 Å². The second-order valence-corrected chi connectivity index (χ2v) is 5.81. The van der Waals surface area contributed by atoms with E-state index in [-0.39, 0.29) is 13.2 Å². The monoisotopic (exact) mass is 280 g/mol. The molecule has 0 amide bonds. The van der Waals surface area contributed by atoms with Crippen LogP contribution in [0.2, 0.25) is 0 Å². The van der Waals surface area contributed by atoms with Crippen LogP contribution in [0.3, 0.4) is 0 Å². The summed E-state index contributed by atoms with van der Waals surface area (Å²) in [7, 11) is -3.76. The third-order valence-corrected chi connectivity index (χ3v) is 3.61. The van der Waals surface area contributed by atoms with Crippen molar-refractivity contribution in [3.8, 4) is 0 Å². The Balaban J connectivity index is 3.41. The Hall–Kier alpha value is -0.130. The highest BCUT2D eigenvalue weighted by molar-refractivity contribution is 7.81. The summed E-state index contributed by atoms with van der Waals surface area (Å²) in [5.41, 5.74) is 0. The molecular formula is C13H28O4S. The zero-order chi connectivity index (χ0) is 13.7. The van der Waals surface area contributed by atoms with Gasteiger partial charge in [0.1, 0.15) is 0 Å². The van der Waals surface area contributed by atoms with Crippen molar-refractivity contribution in [2.75, 3.05) is 13.2 Å². The minimum atomic E-state index is -3.76. The summed E-state index contributed by atoms with van der Waals surface area (Å²) >= 11 is 0. The van der Waals surface area contributed by atoms with Gasteiger partial charge in [0.25, 0.3) is 0 Å². The Morgan fingerprint density at radius 1 is 0.667 bits per heavy atom. The van der Waals surface area contributed by atoms with Crippen molar-refractivity contribution in [1.29, 1.82) is 0 Å². The normalized spacial score (nSPS) is 11.9. The molecule has 0 spiro atoms. The number of unbranched alkanes of at least 4 members (excludes halogenated alkanes) is 7. The van der Waals surface area contributed by atoms with Crippen LogP contribution in [-0.4, -0.2) is 21.6 Å². The van der Waals surface area contributed by atoms with E-state index in [0.717, 1.165) is 38.5 Å². The van der Waals surface area contributed by atoms with Gasteiger partial charge < -0.3 is 0 Å². The van der Waals surface area contributed by atoms with Gasteiger partial charge >= 0.3 is 10.4 Å². The van der Waals surface area contributed by atoms with E-state index in [0.29, 0.717) is 0 Å². The molecule has 0 fully saturated rings. The molecule has 5 heteroatoms. The molecule has 0 aliphatic rings. The number of rotatable bonds is 13. The van der Waals surface area contributed by atoms with Gasteiger partial charge in [-0.15, -0.1) is 0 Å². The molecule has 4 nitrogen and oxygen atoms in total. The van der Waals surface area contributed by atoms with Gasteiger partial charge in [-0.25, -0.2) is 8.37 Å². The molecule has 0 aromatic carbocycles. The lowest BCUT2D eigenvalue weighted by molar-refractivity contribution is 0.208. The van der Waals surface area contributed by atoms with E-state index in [9.17, 15) is 8.42 Å². The maximum atomic E-state index is 11.3. The minimum Gasteiger partial charge on any atom is -0.248 e. The summed E-state index contributed by atoms with van der Waals surface area (Å²) in [6.45, 7) is 4.70. The molecular weight excluding hydrogens is 252 g/mol. The van der Waals surface area contributed by atoms with Crippen LogP contribution in [0.4, 0.5) is 0 Å². The van der Waals surface area contributed by atoms with Gasteiger partial charge in [0.2, 0.25) is 0 Å². The van der Waals surface area contributed by atoms with Gasteiger partial charge in [-0.05, 0) is 12.8 Å². The van der Waals surface area contributed by atoms with Gasteiger partial charge in [0.15, 0.2) is 0 Å². The van der Waals surface area contributed by atoms with Crippen LogP contribution in [0.1, 0.15) is 71.6 Å². The summed E-state index contributed by atoms with van der Waals surface area (Å²) in [5, 5.41) is 0. The van der Waals surface area contributed by atoms with Crippen LogP contribution in [0.25, 0.3) is 0 Å². The fourth-order valence-corrected chi connectivity index (χ4v) is 2.30. The van der Waals surface area contributed by atoms with Gasteiger partial charge in [-0.1, -0.05) is 58.8 Å². The maximum absolute atomic E-state index is 11.3. The molecule has 0 aliphatic carbocycles. The van der Waals surface area contributed by atoms with E-state index in [1.807, 2.05) is 0 Å². The molecule has 0 N–H and O–H groups in total. The van der Waals surface area contributed by atoms with Gasteiger partial charge in [-0.3, -0.25) is 0 Å². The largest absolute Gasteiger partial charge is 0.399 e. The van der Waals surface area contributed by atoms with E-state index < -0.39 is 10.4 Å². The molecule has 0 aromatic rings. The average Bonchev–Trinajstić information content (AvgIpc) is 2.34. The molecule has 0 aliphatic heterocycles. The van der Waals surface area contributed by atoms with Crippen molar-refractivity contribution >= 4 is 10.4 Å². The lowest BCUT2D eigenvalue weighted by Gasteiger charge is -2.05. The predicted octanol–water partition coefficient (Wildman–Crippen LogP) is 3.82. The van der Waals surface area contributed by atoms with E-state index >= 15 is 0 Å².